The highest BCUT2D eigenvalue weighted by Crippen LogP contribution is 2.42. The first-order valence-electron chi connectivity index (χ1n) is 10.7. The number of esters is 1. The summed E-state index contributed by atoms with van der Waals surface area (Å²) < 4.78 is 47.6. The van der Waals surface area contributed by atoms with Crippen LogP contribution in [-0.4, -0.2) is 26.5 Å². The van der Waals surface area contributed by atoms with Crippen LogP contribution in [0.4, 0.5) is 13.2 Å². The molecule has 0 bridgehead atoms. The van der Waals surface area contributed by atoms with Crippen LogP contribution in [0.15, 0.2) is 36.4 Å². The van der Waals surface area contributed by atoms with E-state index in [2.05, 4.69) is 5.32 Å². The zero-order chi connectivity index (χ0) is 22.5. The maximum Gasteiger partial charge on any atom is 0.306 e. The average Bonchev–Trinajstić information content (AvgIpc) is 2.74. The van der Waals surface area contributed by atoms with Crippen LogP contribution in [0, 0.1) is 23.4 Å². The van der Waals surface area contributed by atoms with Crippen molar-refractivity contribution in [3.63, 3.8) is 0 Å². The summed E-state index contributed by atoms with van der Waals surface area (Å²) in [7, 11) is 5.77. The number of rotatable bonds is 7. The Hall–Kier alpha value is -2.28. The van der Waals surface area contributed by atoms with Crippen molar-refractivity contribution in [1.82, 2.24) is 5.32 Å². The second kappa shape index (κ2) is 10.4. The fraction of sp³-hybridized carbons (Fsp3) is 0.458. The predicted octanol–water partition coefficient (Wildman–Crippen LogP) is 4.45. The number of hydrogen-bond acceptors (Lipinski definition) is 3. The topological polar surface area (TPSA) is 38.3 Å². The van der Waals surface area contributed by atoms with Crippen molar-refractivity contribution in [3.05, 3.63) is 65.0 Å². The molecule has 1 N–H and O–H groups in total. The van der Waals surface area contributed by atoms with Crippen molar-refractivity contribution < 1.29 is 22.7 Å². The van der Waals surface area contributed by atoms with Crippen molar-refractivity contribution in [3.8, 4) is 0 Å². The molecule has 0 saturated heterocycles. The molecule has 2 radical (unpaired) electrons. The van der Waals surface area contributed by atoms with Gasteiger partial charge in [-0.25, -0.2) is 13.2 Å². The Morgan fingerprint density at radius 2 is 1.84 bits per heavy atom. The van der Waals surface area contributed by atoms with Crippen LogP contribution < -0.4 is 10.8 Å². The lowest BCUT2D eigenvalue weighted by atomic mass is 9.70. The Morgan fingerprint density at radius 3 is 2.52 bits per heavy atom. The molecule has 2 aromatic carbocycles. The largest absolute Gasteiger partial charge is 0.466 e. The molecule has 1 fully saturated rings. The van der Waals surface area contributed by atoms with Crippen molar-refractivity contribution in [2.24, 2.45) is 5.92 Å². The molecule has 1 aliphatic carbocycles. The van der Waals surface area contributed by atoms with Crippen LogP contribution in [0.25, 0.3) is 0 Å². The third-order valence-corrected chi connectivity index (χ3v) is 6.09. The highest BCUT2D eigenvalue weighted by molar-refractivity contribution is 6.32. The number of nitrogens with one attached hydrogen (secondary N) is 1. The summed E-state index contributed by atoms with van der Waals surface area (Å²) in [5, 5.41) is 3.52. The molecule has 3 rings (SSSR count). The molecular weight excluding hydrogens is 402 g/mol. The normalized spacial score (nSPS) is 22.2. The van der Waals surface area contributed by atoms with Crippen molar-refractivity contribution in [1.29, 1.82) is 0 Å². The van der Waals surface area contributed by atoms with Gasteiger partial charge in [-0.15, -0.1) is 0 Å². The fourth-order valence-corrected chi connectivity index (χ4v) is 4.61. The zero-order valence-electron chi connectivity index (χ0n) is 17.8. The molecule has 31 heavy (non-hydrogen) atoms. The highest BCUT2D eigenvalue weighted by atomic mass is 19.2. The van der Waals surface area contributed by atoms with E-state index < -0.39 is 23.4 Å². The zero-order valence-corrected chi connectivity index (χ0v) is 17.8. The van der Waals surface area contributed by atoms with Gasteiger partial charge in [0.1, 0.15) is 7.85 Å². The summed E-state index contributed by atoms with van der Waals surface area (Å²) >= 11 is 0. The van der Waals surface area contributed by atoms with Gasteiger partial charge in [0.25, 0.3) is 0 Å². The molecule has 0 amide bonds. The van der Waals surface area contributed by atoms with Crippen molar-refractivity contribution >= 4 is 19.3 Å². The number of carbonyl (C=O) groups is 1. The quantitative estimate of drug-likeness (QED) is 0.402. The van der Waals surface area contributed by atoms with Crippen LogP contribution in [0.5, 0.6) is 0 Å². The Kier molecular flexibility index (Phi) is 7.81. The average molecular weight is 429 g/mol. The van der Waals surface area contributed by atoms with E-state index in [1.807, 2.05) is 31.2 Å². The smallest absolute Gasteiger partial charge is 0.306 e. The second-order valence-electron chi connectivity index (χ2n) is 8.15. The summed E-state index contributed by atoms with van der Waals surface area (Å²) in [6.07, 6.45) is 2.33. The molecule has 7 heteroatoms. The summed E-state index contributed by atoms with van der Waals surface area (Å²) in [5.74, 6) is -5.00. The van der Waals surface area contributed by atoms with E-state index in [0.29, 0.717) is 11.9 Å². The molecule has 3 unspecified atom stereocenters. The Labute approximate surface area is 182 Å². The minimum absolute atomic E-state index is 0.0807. The van der Waals surface area contributed by atoms with Crippen LogP contribution in [0.1, 0.15) is 62.6 Å². The number of benzene rings is 2. The molecule has 0 aromatic heterocycles. The third-order valence-electron chi connectivity index (χ3n) is 6.09. The lowest BCUT2D eigenvalue weighted by Crippen LogP contribution is -2.43. The number of halogens is 3. The SMILES string of the molecule is [B]c1ccc([C@H](C)NC2CCCC(CC(=O)OCC)C2c2ccc(F)c(F)c2F)cc1. The maximum atomic E-state index is 14.8. The van der Waals surface area contributed by atoms with Crippen LogP contribution in [0.3, 0.4) is 0 Å². The predicted molar refractivity (Wildman–Crippen MR) is 115 cm³/mol. The number of carbonyl (C=O) groups excluding carboxylic acids is 1. The van der Waals surface area contributed by atoms with Gasteiger partial charge in [-0.05, 0) is 49.8 Å². The fourth-order valence-electron chi connectivity index (χ4n) is 4.61. The van der Waals surface area contributed by atoms with Gasteiger partial charge >= 0.3 is 5.97 Å². The Balaban J connectivity index is 1.92. The van der Waals surface area contributed by atoms with E-state index in [0.717, 1.165) is 24.5 Å². The van der Waals surface area contributed by atoms with E-state index >= 15 is 0 Å². The van der Waals surface area contributed by atoms with Crippen molar-refractivity contribution in [2.45, 2.75) is 57.5 Å². The van der Waals surface area contributed by atoms with E-state index in [4.69, 9.17) is 12.6 Å². The summed E-state index contributed by atoms with van der Waals surface area (Å²) in [5.41, 5.74) is 1.76. The first-order chi connectivity index (χ1) is 14.8. The number of ether oxygens (including phenoxy) is 1. The van der Waals surface area contributed by atoms with Crippen LogP contribution in [0.2, 0.25) is 0 Å². The Bertz CT molecular complexity index is 906. The Morgan fingerprint density at radius 1 is 1.13 bits per heavy atom. The summed E-state index contributed by atoms with van der Waals surface area (Å²) in [6.45, 7) is 3.97. The lowest BCUT2D eigenvalue weighted by Gasteiger charge is -2.40. The second-order valence-corrected chi connectivity index (χ2v) is 8.15. The third kappa shape index (κ3) is 5.51. The van der Waals surface area contributed by atoms with E-state index in [-0.39, 0.29) is 42.6 Å². The molecule has 1 aliphatic rings. The molecule has 164 valence electrons. The summed E-state index contributed by atoms with van der Waals surface area (Å²) in [6, 6.07) is 9.39. The lowest BCUT2D eigenvalue weighted by molar-refractivity contribution is -0.144. The molecule has 3 nitrogen and oxygen atoms in total. The molecule has 0 heterocycles. The van der Waals surface area contributed by atoms with Crippen LogP contribution >= 0.6 is 0 Å². The van der Waals surface area contributed by atoms with E-state index in [1.54, 1.807) is 6.92 Å². The molecule has 2 aromatic rings. The standard InChI is InChI=1S/C24H27BF3NO2/c1-3-31-21(30)13-16-5-4-6-20(29-14(2)15-7-9-17(25)10-8-15)22(16)18-11-12-19(26)24(28)23(18)27/h7-12,14,16,20,22,29H,3-6,13H2,1-2H3/t14-,16?,20?,22?/m0/s1. The minimum atomic E-state index is -1.48. The molecule has 4 atom stereocenters. The van der Waals surface area contributed by atoms with E-state index in [9.17, 15) is 18.0 Å². The van der Waals surface area contributed by atoms with Gasteiger partial charge in [-0.3, -0.25) is 4.79 Å². The van der Waals surface area contributed by atoms with Gasteiger partial charge in [0.2, 0.25) is 0 Å². The highest BCUT2D eigenvalue weighted by Gasteiger charge is 2.38. The molecular formula is C24H27BF3NO2. The first-order valence-corrected chi connectivity index (χ1v) is 10.7. The molecule has 0 aliphatic heterocycles. The molecule has 0 spiro atoms. The maximum absolute atomic E-state index is 14.8. The van der Waals surface area contributed by atoms with Gasteiger partial charge in [0.15, 0.2) is 17.5 Å². The van der Waals surface area contributed by atoms with Gasteiger partial charge in [-0.2, -0.15) is 0 Å². The van der Waals surface area contributed by atoms with Gasteiger partial charge in [-0.1, -0.05) is 42.2 Å². The van der Waals surface area contributed by atoms with E-state index in [1.165, 1.54) is 6.07 Å². The number of hydrogen-bond donors (Lipinski definition) is 1. The molecule has 1 saturated carbocycles. The summed E-state index contributed by atoms with van der Waals surface area (Å²) in [4.78, 5) is 12.2. The monoisotopic (exact) mass is 429 g/mol. The van der Waals surface area contributed by atoms with Gasteiger partial charge < -0.3 is 10.1 Å². The van der Waals surface area contributed by atoms with Gasteiger partial charge in [0, 0.05) is 24.4 Å². The van der Waals surface area contributed by atoms with Crippen LogP contribution in [-0.2, 0) is 9.53 Å². The first kappa shape index (κ1) is 23.4. The minimum Gasteiger partial charge on any atom is -0.466 e. The van der Waals surface area contributed by atoms with Crippen molar-refractivity contribution in [2.75, 3.05) is 6.61 Å². The van der Waals surface area contributed by atoms with Gasteiger partial charge in [0.05, 0.1) is 6.61 Å².